The van der Waals surface area contributed by atoms with Gasteiger partial charge in [-0.15, -0.1) is 0 Å². The van der Waals surface area contributed by atoms with E-state index >= 15 is 0 Å². The van der Waals surface area contributed by atoms with Crippen LogP contribution < -0.4 is 14.8 Å². The van der Waals surface area contributed by atoms with E-state index < -0.39 is 0 Å². The average Bonchev–Trinajstić information content (AvgIpc) is 3.35. The highest BCUT2D eigenvalue weighted by atomic mass is 16.7. The molecule has 1 N–H and O–H groups in total. The molecule has 3 aliphatic heterocycles. The lowest BCUT2D eigenvalue weighted by molar-refractivity contribution is -0.134. The minimum atomic E-state index is -0.288. The van der Waals surface area contributed by atoms with E-state index in [9.17, 15) is 9.59 Å². The van der Waals surface area contributed by atoms with Crippen molar-refractivity contribution in [1.29, 1.82) is 0 Å². The summed E-state index contributed by atoms with van der Waals surface area (Å²) in [6.45, 7) is 5.81. The molecule has 0 bridgehead atoms. The molecular formula is C22H29N3O4. The molecule has 1 aliphatic carbocycles. The number of rotatable bonds is 4. The van der Waals surface area contributed by atoms with Crippen molar-refractivity contribution in [2.24, 2.45) is 5.92 Å². The molecule has 5 rings (SSSR count). The SMILES string of the molecule is CC(C)C[C@H]1NC2(CCN(C(=O)c3ccc4c(c3)OCO4)CC2)N(C2CC2)C1=O. The summed E-state index contributed by atoms with van der Waals surface area (Å²) in [6, 6.07) is 5.65. The molecule has 7 heteroatoms. The van der Waals surface area contributed by atoms with Gasteiger partial charge in [0.15, 0.2) is 11.5 Å². The maximum absolute atomic E-state index is 13.1. The summed E-state index contributed by atoms with van der Waals surface area (Å²) >= 11 is 0. The van der Waals surface area contributed by atoms with Gasteiger partial charge >= 0.3 is 0 Å². The lowest BCUT2D eigenvalue weighted by Crippen LogP contribution is -2.60. The fourth-order valence-electron chi connectivity index (χ4n) is 5.00. The molecule has 0 unspecified atom stereocenters. The molecule has 156 valence electrons. The molecule has 2 saturated heterocycles. The Labute approximate surface area is 171 Å². The minimum absolute atomic E-state index is 0.0131. The Morgan fingerprint density at radius 1 is 1.21 bits per heavy atom. The maximum Gasteiger partial charge on any atom is 0.253 e. The van der Waals surface area contributed by atoms with Gasteiger partial charge in [0.25, 0.3) is 5.91 Å². The Balaban J connectivity index is 1.30. The van der Waals surface area contributed by atoms with Crippen LogP contribution in [0.25, 0.3) is 0 Å². The van der Waals surface area contributed by atoms with E-state index in [-0.39, 0.29) is 30.3 Å². The van der Waals surface area contributed by atoms with Crippen LogP contribution in [0, 0.1) is 5.92 Å². The van der Waals surface area contributed by atoms with Crippen molar-refractivity contribution >= 4 is 11.8 Å². The van der Waals surface area contributed by atoms with Gasteiger partial charge in [0.05, 0.1) is 11.7 Å². The molecule has 29 heavy (non-hydrogen) atoms. The van der Waals surface area contributed by atoms with Crippen LogP contribution in [0.2, 0.25) is 0 Å². The second-order valence-electron chi connectivity index (χ2n) is 9.16. The molecule has 3 fully saturated rings. The minimum Gasteiger partial charge on any atom is -0.454 e. The van der Waals surface area contributed by atoms with Gasteiger partial charge in [-0.2, -0.15) is 0 Å². The molecule has 1 spiro atoms. The number of ether oxygens (including phenoxy) is 2. The molecule has 1 aromatic rings. The number of nitrogens with one attached hydrogen (secondary N) is 1. The molecule has 3 heterocycles. The Kier molecular flexibility index (Phi) is 4.46. The lowest BCUT2D eigenvalue weighted by atomic mass is 9.95. The first-order valence-electron chi connectivity index (χ1n) is 10.8. The van der Waals surface area contributed by atoms with E-state index in [1.807, 2.05) is 4.90 Å². The fraction of sp³-hybridized carbons (Fsp3) is 0.636. The van der Waals surface area contributed by atoms with Crippen molar-refractivity contribution in [1.82, 2.24) is 15.1 Å². The van der Waals surface area contributed by atoms with Crippen LogP contribution >= 0.6 is 0 Å². The zero-order valence-electron chi connectivity index (χ0n) is 17.1. The normalized spacial score (nSPS) is 25.3. The summed E-state index contributed by atoms with van der Waals surface area (Å²) in [7, 11) is 0. The Hall–Kier alpha value is -2.28. The zero-order valence-corrected chi connectivity index (χ0v) is 17.1. The molecular weight excluding hydrogens is 370 g/mol. The van der Waals surface area contributed by atoms with Crippen molar-refractivity contribution in [3.63, 3.8) is 0 Å². The standard InChI is InChI=1S/C22H29N3O4/c1-14(2)11-17-21(27)25(16-4-5-16)22(23-17)7-9-24(10-8-22)20(26)15-3-6-18-19(12-15)29-13-28-18/h3,6,12,14,16-17,23H,4-5,7-11,13H2,1-2H3/t17-/m1/s1. The Morgan fingerprint density at radius 2 is 1.93 bits per heavy atom. The predicted molar refractivity (Wildman–Crippen MR) is 107 cm³/mol. The average molecular weight is 399 g/mol. The number of amides is 2. The summed E-state index contributed by atoms with van der Waals surface area (Å²) in [6.07, 6.45) is 4.62. The summed E-state index contributed by atoms with van der Waals surface area (Å²) < 4.78 is 10.7. The second kappa shape index (κ2) is 6.90. The smallest absolute Gasteiger partial charge is 0.253 e. The fourth-order valence-corrected chi connectivity index (χ4v) is 5.00. The van der Waals surface area contributed by atoms with Gasteiger partial charge in [-0.05, 0) is 43.4 Å². The third kappa shape index (κ3) is 3.25. The van der Waals surface area contributed by atoms with Crippen molar-refractivity contribution in [3.8, 4) is 11.5 Å². The number of benzene rings is 1. The quantitative estimate of drug-likeness (QED) is 0.842. The highest BCUT2D eigenvalue weighted by Gasteiger charge is 2.56. The first-order chi connectivity index (χ1) is 14.0. The van der Waals surface area contributed by atoms with Crippen molar-refractivity contribution in [2.75, 3.05) is 19.9 Å². The third-order valence-corrected chi connectivity index (χ3v) is 6.56. The van der Waals surface area contributed by atoms with Crippen LogP contribution in [0.15, 0.2) is 18.2 Å². The molecule has 7 nitrogen and oxygen atoms in total. The van der Waals surface area contributed by atoms with Crippen LogP contribution in [0.4, 0.5) is 0 Å². The number of carbonyl (C=O) groups is 2. The van der Waals surface area contributed by atoms with Crippen molar-refractivity contribution in [2.45, 2.75) is 63.7 Å². The third-order valence-electron chi connectivity index (χ3n) is 6.56. The number of fused-ring (bicyclic) bond motifs is 1. The van der Waals surface area contributed by atoms with Gasteiger partial charge in [-0.1, -0.05) is 13.8 Å². The predicted octanol–water partition coefficient (Wildman–Crippen LogP) is 2.36. The molecule has 2 amide bonds. The van der Waals surface area contributed by atoms with Crippen LogP contribution in [0.3, 0.4) is 0 Å². The van der Waals surface area contributed by atoms with Crippen LogP contribution in [-0.4, -0.2) is 59.2 Å². The highest BCUT2D eigenvalue weighted by molar-refractivity contribution is 5.95. The van der Waals surface area contributed by atoms with Gasteiger partial charge in [-0.25, -0.2) is 0 Å². The van der Waals surface area contributed by atoms with E-state index in [0.29, 0.717) is 42.1 Å². The first-order valence-corrected chi connectivity index (χ1v) is 10.8. The van der Waals surface area contributed by atoms with Gasteiger partial charge in [-0.3, -0.25) is 14.9 Å². The monoisotopic (exact) mass is 399 g/mol. The van der Waals surface area contributed by atoms with E-state index in [4.69, 9.17) is 9.47 Å². The summed E-state index contributed by atoms with van der Waals surface area (Å²) in [4.78, 5) is 30.2. The first kappa shape index (κ1) is 18.7. The van der Waals surface area contributed by atoms with Crippen LogP contribution in [-0.2, 0) is 4.79 Å². The number of nitrogens with zero attached hydrogens (tertiary/aromatic N) is 2. The molecule has 4 aliphatic rings. The van der Waals surface area contributed by atoms with Crippen LogP contribution in [0.5, 0.6) is 11.5 Å². The zero-order chi connectivity index (χ0) is 20.2. The van der Waals surface area contributed by atoms with Gasteiger partial charge < -0.3 is 19.3 Å². The van der Waals surface area contributed by atoms with Crippen molar-refractivity contribution in [3.05, 3.63) is 23.8 Å². The molecule has 1 atom stereocenters. The second-order valence-corrected chi connectivity index (χ2v) is 9.16. The van der Waals surface area contributed by atoms with E-state index in [0.717, 1.165) is 32.1 Å². The van der Waals surface area contributed by atoms with Gasteiger partial charge in [0.1, 0.15) is 0 Å². The molecule has 0 aromatic heterocycles. The number of hydrogen-bond acceptors (Lipinski definition) is 5. The molecule has 1 aromatic carbocycles. The molecule has 0 radical (unpaired) electrons. The topological polar surface area (TPSA) is 71.1 Å². The number of carbonyl (C=O) groups excluding carboxylic acids is 2. The Morgan fingerprint density at radius 3 is 2.62 bits per heavy atom. The number of piperidine rings is 1. The van der Waals surface area contributed by atoms with Crippen molar-refractivity contribution < 1.29 is 19.1 Å². The number of hydrogen-bond donors (Lipinski definition) is 1. The van der Waals surface area contributed by atoms with Gasteiger partial charge in [0, 0.05) is 37.5 Å². The molecule has 1 saturated carbocycles. The highest BCUT2D eigenvalue weighted by Crippen LogP contribution is 2.42. The van der Waals surface area contributed by atoms with Gasteiger partial charge in [0.2, 0.25) is 12.7 Å². The lowest BCUT2D eigenvalue weighted by Gasteiger charge is -2.45. The summed E-state index contributed by atoms with van der Waals surface area (Å²) in [5.74, 6) is 2.06. The summed E-state index contributed by atoms with van der Waals surface area (Å²) in [5, 5.41) is 3.69. The Bertz CT molecular complexity index is 827. The van der Waals surface area contributed by atoms with E-state index in [1.165, 1.54) is 0 Å². The number of likely N-dealkylation sites (tertiary alicyclic amines) is 1. The maximum atomic E-state index is 13.1. The van der Waals surface area contributed by atoms with Crippen LogP contribution in [0.1, 0.15) is 56.3 Å². The van der Waals surface area contributed by atoms with E-state index in [2.05, 4.69) is 24.1 Å². The largest absolute Gasteiger partial charge is 0.454 e. The van der Waals surface area contributed by atoms with E-state index in [1.54, 1.807) is 18.2 Å². The summed E-state index contributed by atoms with van der Waals surface area (Å²) in [5.41, 5.74) is 0.334.